The van der Waals surface area contributed by atoms with Crippen LogP contribution in [0, 0.1) is 0 Å². The van der Waals surface area contributed by atoms with Gasteiger partial charge < -0.3 is 4.42 Å². The quantitative estimate of drug-likeness (QED) is 0.837. The highest BCUT2D eigenvalue weighted by atomic mass is 35.5. The molecule has 0 atom stereocenters. The van der Waals surface area contributed by atoms with Crippen molar-refractivity contribution in [3.8, 4) is 0 Å². The number of carbonyl (C=O) groups is 2. The number of halogens is 2. The van der Waals surface area contributed by atoms with Crippen LogP contribution < -0.4 is 10.9 Å². The number of carbonyl (C=O) groups excluding carboxylic acids is 2. The molecule has 0 radical (unpaired) electrons. The Bertz CT molecular complexity index is 611. The van der Waals surface area contributed by atoms with Crippen LogP contribution in [0.25, 0.3) is 0 Å². The van der Waals surface area contributed by atoms with Gasteiger partial charge in [-0.1, -0.05) is 23.2 Å². The molecule has 5 nitrogen and oxygen atoms in total. The molecule has 2 aromatic rings. The van der Waals surface area contributed by atoms with Crippen LogP contribution in [0.2, 0.25) is 10.0 Å². The number of hydrogen-bond acceptors (Lipinski definition) is 3. The molecule has 0 bridgehead atoms. The van der Waals surface area contributed by atoms with Gasteiger partial charge in [-0.05, 0) is 30.3 Å². The standard InChI is InChI=1S/C12H8Cl2N2O3/c13-8-4-3-7(6-9(8)14)11(17)15-16-12(18)10-2-1-5-19-10/h1-6H,(H,15,17)(H,16,18). The summed E-state index contributed by atoms with van der Waals surface area (Å²) in [5.41, 5.74) is 4.71. The van der Waals surface area contributed by atoms with E-state index in [4.69, 9.17) is 27.6 Å². The minimum Gasteiger partial charge on any atom is -0.459 e. The summed E-state index contributed by atoms with van der Waals surface area (Å²) in [5.74, 6) is -0.980. The van der Waals surface area contributed by atoms with Gasteiger partial charge in [0.25, 0.3) is 5.91 Å². The highest BCUT2D eigenvalue weighted by molar-refractivity contribution is 6.42. The molecular weight excluding hydrogens is 291 g/mol. The Morgan fingerprint density at radius 2 is 1.74 bits per heavy atom. The topological polar surface area (TPSA) is 71.3 Å². The predicted octanol–water partition coefficient (Wildman–Crippen LogP) is 2.66. The summed E-state index contributed by atoms with van der Waals surface area (Å²) in [4.78, 5) is 23.2. The van der Waals surface area contributed by atoms with Crippen LogP contribution in [0.3, 0.4) is 0 Å². The van der Waals surface area contributed by atoms with E-state index in [-0.39, 0.29) is 16.3 Å². The van der Waals surface area contributed by atoms with Gasteiger partial charge in [-0.15, -0.1) is 0 Å². The van der Waals surface area contributed by atoms with Crippen LogP contribution in [-0.2, 0) is 0 Å². The highest BCUT2D eigenvalue weighted by Crippen LogP contribution is 2.22. The van der Waals surface area contributed by atoms with E-state index in [1.165, 1.54) is 30.5 Å². The number of furan rings is 1. The van der Waals surface area contributed by atoms with Gasteiger partial charge in [0.15, 0.2) is 5.76 Å². The minimum atomic E-state index is -0.557. The van der Waals surface area contributed by atoms with Gasteiger partial charge in [-0.25, -0.2) is 0 Å². The summed E-state index contributed by atoms with van der Waals surface area (Å²) in [6.07, 6.45) is 1.36. The number of amides is 2. The van der Waals surface area contributed by atoms with Gasteiger partial charge >= 0.3 is 5.91 Å². The highest BCUT2D eigenvalue weighted by Gasteiger charge is 2.11. The first-order valence-electron chi connectivity index (χ1n) is 5.17. The van der Waals surface area contributed by atoms with Crippen molar-refractivity contribution in [3.05, 3.63) is 58.0 Å². The summed E-state index contributed by atoms with van der Waals surface area (Å²) in [6.45, 7) is 0. The van der Waals surface area contributed by atoms with Crippen molar-refractivity contribution >= 4 is 35.0 Å². The molecule has 0 fully saturated rings. The Labute approximate surface area is 118 Å². The van der Waals surface area contributed by atoms with Gasteiger partial charge in [0, 0.05) is 5.56 Å². The summed E-state index contributed by atoms with van der Waals surface area (Å²) in [6, 6.07) is 7.42. The third-order valence-electron chi connectivity index (χ3n) is 2.22. The first-order valence-corrected chi connectivity index (χ1v) is 5.93. The summed E-state index contributed by atoms with van der Waals surface area (Å²) in [7, 11) is 0. The van der Waals surface area contributed by atoms with Crippen molar-refractivity contribution in [2.75, 3.05) is 0 Å². The fourth-order valence-electron chi connectivity index (χ4n) is 1.29. The maximum atomic E-state index is 11.7. The molecule has 0 aliphatic heterocycles. The lowest BCUT2D eigenvalue weighted by Gasteiger charge is -2.06. The molecule has 2 N–H and O–H groups in total. The number of benzene rings is 1. The number of hydrogen-bond donors (Lipinski definition) is 2. The molecule has 2 rings (SSSR count). The molecule has 0 unspecified atom stereocenters. The Kier molecular flexibility index (Phi) is 4.09. The Balaban J connectivity index is 1.98. The second kappa shape index (κ2) is 5.77. The molecule has 0 saturated heterocycles. The van der Waals surface area contributed by atoms with Crippen molar-refractivity contribution in [1.82, 2.24) is 10.9 Å². The maximum absolute atomic E-state index is 11.7. The van der Waals surface area contributed by atoms with Gasteiger partial charge in [0.1, 0.15) is 0 Å². The summed E-state index contributed by atoms with van der Waals surface area (Å²) < 4.78 is 4.87. The third-order valence-corrected chi connectivity index (χ3v) is 2.96. The molecule has 2 amide bonds. The lowest BCUT2D eigenvalue weighted by Crippen LogP contribution is -2.41. The molecule has 1 aromatic carbocycles. The van der Waals surface area contributed by atoms with Crippen molar-refractivity contribution < 1.29 is 14.0 Å². The van der Waals surface area contributed by atoms with Gasteiger partial charge in [-0.3, -0.25) is 20.4 Å². The van der Waals surface area contributed by atoms with E-state index in [0.717, 1.165) is 0 Å². The zero-order chi connectivity index (χ0) is 13.8. The molecule has 1 heterocycles. The van der Waals surface area contributed by atoms with Gasteiger partial charge in [-0.2, -0.15) is 0 Å². The summed E-state index contributed by atoms with van der Waals surface area (Å²) >= 11 is 11.5. The average molecular weight is 299 g/mol. The maximum Gasteiger partial charge on any atom is 0.305 e. The fraction of sp³-hybridized carbons (Fsp3) is 0. The molecule has 19 heavy (non-hydrogen) atoms. The minimum absolute atomic E-state index is 0.0921. The monoisotopic (exact) mass is 298 g/mol. The van der Waals surface area contributed by atoms with Crippen LogP contribution in [0.1, 0.15) is 20.9 Å². The van der Waals surface area contributed by atoms with Crippen LogP contribution >= 0.6 is 23.2 Å². The van der Waals surface area contributed by atoms with E-state index >= 15 is 0 Å². The second-order valence-corrected chi connectivity index (χ2v) is 4.33. The fourth-order valence-corrected chi connectivity index (χ4v) is 1.59. The Morgan fingerprint density at radius 1 is 1.00 bits per heavy atom. The van der Waals surface area contributed by atoms with E-state index in [2.05, 4.69) is 10.9 Å². The molecule has 0 aliphatic carbocycles. The molecular formula is C12H8Cl2N2O3. The normalized spacial score (nSPS) is 10.0. The lowest BCUT2D eigenvalue weighted by molar-refractivity contribution is 0.0831. The second-order valence-electron chi connectivity index (χ2n) is 3.51. The SMILES string of the molecule is O=C(NNC(=O)c1ccco1)c1ccc(Cl)c(Cl)c1. The van der Waals surface area contributed by atoms with Crippen LogP contribution in [0.15, 0.2) is 41.0 Å². The van der Waals surface area contributed by atoms with Crippen LogP contribution in [-0.4, -0.2) is 11.8 Å². The van der Waals surface area contributed by atoms with Crippen molar-refractivity contribution in [2.45, 2.75) is 0 Å². The Morgan fingerprint density at radius 3 is 2.37 bits per heavy atom. The molecule has 7 heteroatoms. The van der Waals surface area contributed by atoms with E-state index in [1.54, 1.807) is 6.07 Å². The zero-order valence-electron chi connectivity index (χ0n) is 9.44. The van der Waals surface area contributed by atoms with E-state index < -0.39 is 11.8 Å². The molecule has 0 aliphatic rings. The predicted molar refractivity (Wildman–Crippen MR) is 70.1 cm³/mol. The van der Waals surface area contributed by atoms with Crippen molar-refractivity contribution in [3.63, 3.8) is 0 Å². The van der Waals surface area contributed by atoms with Gasteiger partial charge in [0.05, 0.1) is 16.3 Å². The number of nitrogens with one attached hydrogen (secondary N) is 2. The molecule has 98 valence electrons. The van der Waals surface area contributed by atoms with Crippen LogP contribution in [0.4, 0.5) is 0 Å². The lowest BCUT2D eigenvalue weighted by atomic mass is 10.2. The van der Waals surface area contributed by atoms with E-state index in [0.29, 0.717) is 5.02 Å². The van der Waals surface area contributed by atoms with E-state index in [9.17, 15) is 9.59 Å². The molecule has 1 aromatic heterocycles. The van der Waals surface area contributed by atoms with Crippen molar-refractivity contribution in [1.29, 1.82) is 0 Å². The smallest absolute Gasteiger partial charge is 0.305 e. The van der Waals surface area contributed by atoms with Crippen LogP contribution in [0.5, 0.6) is 0 Å². The first-order chi connectivity index (χ1) is 9.08. The summed E-state index contributed by atoms with van der Waals surface area (Å²) in [5, 5.41) is 0.601. The number of rotatable bonds is 2. The largest absolute Gasteiger partial charge is 0.459 e. The Hall–Kier alpha value is -1.98. The van der Waals surface area contributed by atoms with Crippen molar-refractivity contribution in [2.24, 2.45) is 0 Å². The van der Waals surface area contributed by atoms with E-state index in [1.807, 2.05) is 0 Å². The average Bonchev–Trinajstić information content (AvgIpc) is 2.92. The molecule has 0 spiro atoms. The zero-order valence-corrected chi connectivity index (χ0v) is 11.0. The molecule has 0 saturated carbocycles. The van der Waals surface area contributed by atoms with Gasteiger partial charge in [0.2, 0.25) is 0 Å². The number of hydrazine groups is 1. The first kappa shape index (κ1) is 13.5. The third kappa shape index (κ3) is 3.27.